The number of nitrogens with zero attached hydrogens (tertiary/aromatic N) is 7. The van der Waals surface area contributed by atoms with Gasteiger partial charge in [0.1, 0.15) is 17.6 Å². The average molecular weight is 522 g/mol. The van der Waals surface area contributed by atoms with Crippen molar-refractivity contribution in [2.45, 2.75) is 6.92 Å². The third-order valence-corrected chi connectivity index (χ3v) is 6.34. The molecular weight excluding hydrogens is 498 g/mol. The SMILES string of the molecule is CCOc1cc(-c2ccc(N3CCN(C(=O)C#Cc4cccc([N+](=O)[O-])c4)CC3)nc2)c2c(C#N)cnn2c1. The summed E-state index contributed by atoms with van der Waals surface area (Å²) in [6, 6.07) is 13.8. The molecule has 5 rings (SSSR count). The Labute approximate surface area is 224 Å². The summed E-state index contributed by atoms with van der Waals surface area (Å²) in [5.41, 5.74) is 3.13. The van der Waals surface area contributed by atoms with Crippen LogP contribution in [0.15, 0.2) is 61.1 Å². The van der Waals surface area contributed by atoms with Crippen LogP contribution in [0.4, 0.5) is 11.5 Å². The fourth-order valence-electron chi connectivity index (χ4n) is 4.42. The number of non-ortho nitro benzene ring substituents is 1. The summed E-state index contributed by atoms with van der Waals surface area (Å²) in [7, 11) is 0. The van der Waals surface area contributed by atoms with Crippen molar-refractivity contribution in [3.63, 3.8) is 0 Å². The Morgan fingerprint density at radius 2 is 1.97 bits per heavy atom. The van der Waals surface area contributed by atoms with Gasteiger partial charge in [0.15, 0.2) is 0 Å². The Hall–Kier alpha value is -5.42. The van der Waals surface area contributed by atoms with E-state index in [-0.39, 0.29) is 11.6 Å². The maximum Gasteiger partial charge on any atom is 0.298 e. The Morgan fingerprint density at radius 3 is 2.67 bits per heavy atom. The highest BCUT2D eigenvalue weighted by Gasteiger charge is 2.21. The highest BCUT2D eigenvalue weighted by molar-refractivity contribution is 5.94. The summed E-state index contributed by atoms with van der Waals surface area (Å²) in [6.07, 6.45) is 5.04. The van der Waals surface area contributed by atoms with Crippen LogP contribution in [-0.4, -0.2) is 63.1 Å². The van der Waals surface area contributed by atoms with Crippen molar-refractivity contribution in [1.82, 2.24) is 19.5 Å². The molecule has 4 aromatic rings. The Balaban J connectivity index is 1.27. The lowest BCUT2D eigenvalue weighted by atomic mass is 10.1. The van der Waals surface area contributed by atoms with Crippen LogP contribution in [0.3, 0.4) is 0 Å². The zero-order valence-corrected chi connectivity index (χ0v) is 21.1. The molecule has 0 bridgehead atoms. The lowest BCUT2D eigenvalue weighted by Crippen LogP contribution is -2.48. The summed E-state index contributed by atoms with van der Waals surface area (Å²) in [5.74, 6) is 6.42. The van der Waals surface area contributed by atoms with Gasteiger partial charge in [0.05, 0.1) is 35.0 Å². The monoisotopic (exact) mass is 521 g/mol. The molecule has 194 valence electrons. The van der Waals surface area contributed by atoms with Gasteiger partial charge in [-0.2, -0.15) is 10.4 Å². The molecule has 0 unspecified atom stereocenters. The van der Waals surface area contributed by atoms with Gasteiger partial charge in [-0.05, 0) is 31.2 Å². The molecule has 1 aliphatic rings. The molecule has 0 N–H and O–H groups in total. The molecule has 1 aliphatic heterocycles. The number of anilines is 1. The van der Waals surface area contributed by atoms with Crippen LogP contribution in [0.25, 0.3) is 16.6 Å². The van der Waals surface area contributed by atoms with E-state index in [0.29, 0.717) is 55.2 Å². The maximum atomic E-state index is 12.6. The molecule has 1 amide bonds. The van der Waals surface area contributed by atoms with Crippen LogP contribution >= 0.6 is 0 Å². The Morgan fingerprint density at radius 1 is 1.15 bits per heavy atom. The number of hydrogen-bond donors (Lipinski definition) is 0. The summed E-state index contributed by atoms with van der Waals surface area (Å²) in [5, 5.41) is 24.8. The minimum absolute atomic E-state index is 0.0662. The van der Waals surface area contributed by atoms with Crippen molar-refractivity contribution in [2.24, 2.45) is 0 Å². The number of nitro benzene ring substituents is 1. The third-order valence-electron chi connectivity index (χ3n) is 6.34. The van der Waals surface area contributed by atoms with Gasteiger partial charge in [0, 0.05) is 67.1 Å². The van der Waals surface area contributed by atoms with Crippen molar-refractivity contribution in [1.29, 1.82) is 5.26 Å². The number of nitriles is 1. The summed E-state index contributed by atoms with van der Waals surface area (Å²) in [6.45, 7) is 4.53. The largest absolute Gasteiger partial charge is 0.492 e. The minimum atomic E-state index is -0.493. The van der Waals surface area contributed by atoms with Crippen LogP contribution in [0.5, 0.6) is 5.75 Å². The van der Waals surface area contributed by atoms with Gasteiger partial charge in [-0.25, -0.2) is 9.50 Å². The lowest BCUT2D eigenvalue weighted by molar-refractivity contribution is -0.384. The van der Waals surface area contributed by atoms with Crippen molar-refractivity contribution < 1.29 is 14.5 Å². The van der Waals surface area contributed by atoms with E-state index in [0.717, 1.165) is 16.9 Å². The van der Waals surface area contributed by atoms with E-state index in [2.05, 4.69) is 32.9 Å². The number of nitro groups is 1. The quantitative estimate of drug-likeness (QED) is 0.222. The number of carbonyl (C=O) groups is 1. The molecule has 0 atom stereocenters. The molecule has 1 aromatic carbocycles. The van der Waals surface area contributed by atoms with E-state index in [9.17, 15) is 20.2 Å². The molecule has 4 heterocycles. The normalized spacial score (nSPS) is 12.9. The molecule has 11 heteroatoms. The van der Waals surface area contributed by atoms with E-state index in [4.69, 9.17) is 4.74 Å². The molecule has 0 spiro atoms. The number of pyridine rings is 2. The van der Waals surface area contributed by atoms with Gasteiger partial charge in [-0.15, -0.1) is 0 Å². The van der Waals surface area contributed by atoms with Gasteiger partial charge < -0.3 is 14.5 Å². The second-order valence-corrected chi connectivity index (χ2v) is 8.73. The number of rotatable bonds is 5. The van der Waals surface area contributed by atoms with Gasteiger partial charge in [0.2, 0.25) is 0 Å². The number of benzene rings is 1. The standard InChI is InChI=1S/C28H23N7O4/c1-2-39-24-15-25(28-22(16-29)18-31-34(28)19-24)21-7-8-26(30-17-21)32-10-12-33(13-11-32)27(36)9-6-20-4-3-5-23(14-20)35(37)38/h3-5,7-8,14-15,17-19H,2,10-13H2,1H3. The first kappa shape index (κ1) is 25.2. The number of amides is 1. The molecule has 39 heavy (non-hydrogen) atoms. The summed E-state index contributed by atoms with van der Waals surface area (Å²) < 4.78 is 7.33. The van der Waals surface area contributed by atoms with Crippen LogP contribution in [0.2, 0.25) is 0 Å². The highest BCUT2D eigenvalue weighted by Crippen LogP contribution is 2.31. The fraction of sp³-hybridized carbons (Fsp3) is 0.214. The van der Waals surface area contributed by atoms with E-state index in [1.165, 1.54) is 18.3 Å². The van der Waals surface area contributed by atoms with Crippen molar-refractivity contribution >= 4 is 22.9 Å². The van der Waals surface area contributed by atoms with E-state index in [1.54, 1.807) is 33.9 Å². The third kappa shape index (κ3) is 5.33. The van der Waals surface area contributed by atoms with Crippen molar-refractivity contribution in [2.75, 3.05) is 37.7 Å². The predicted molar refractivity (Wildman–Crippen MR) is 143 cm³/mol. The van der Waals surface area contributed by atoms with Crippen LogP contribution in [0, 0.1) is 33.3 Å². The van der Waals surface area contributed by atoms with E-state index >= 15 is 0 Å². The van der Waals surface area contributed by atoms with Crippen LogP contribution < -0.4 is 9.64 Å². The first-order valence-corrected chi connectivity index (χ1v) is 12.3. The molecule has 11 nitrogen and oxygen atoms in total. The van der Waals surface area contributed by atoms with Gasteiger partial charge in [0.25, 0.3) is 11.6 Å². The predicted octanol–water partition coefficient (Wildman–Crippen LogP) is 3.28. The smallest absolute Gasteiger partial charge is 0.298 e. The Bertz CT molecular complexity index is 1650. The Kier molecular flexibility index (Phi) is 7.06. The zero-order valence-electron chi connectivity index (χ0n) is 21.1. The number of piperazine rings is 1. The topological polar surface area (TPSA) is 130 Å². The van der Waals surface area contributed by atoms with Gasteiger partial charge in [-0.3, -0.25) is 14.9 Å². The average Bonchev–Trinajstić information content (AvgIpc) is 3.39. The first-order chi connectivity index (χ1) is 19.0. The maximum absolute atomic E-state index is 12.6. The minimum Gasteiger partial charge on any atom is -0.492 e. The van der Waals surface area contributed by atoms with Gasteiger partial charge in [-0.1, -0.05) is 12.0 Å². The highest BCUT2D eigenvalue weighted by atomic mass is 16.6. The second-order valence-electron chi connectivity index (χ2n) is 8.73. The fourth-order valence-corrected chi connectivity index (χ4v) is 4.42. The van der Waals surface area contributed by atoms with Crippen LogP contribution in [0.1, 0.15) is 18.1 Å². The van der Waals surface area contributed by atoms with E-state index in [1.807, 2.05) is 25.1 Å². The molecule has 0 radical (unpaired) electrons. The van der Waals surface area contributed by atoms with Crippen molar-refractivity contribution in [3.8, 4) is 34.8 Å². The number of carbonyl (C=O) groups excluding carboxylic acids is 1. The lowest BCUT2D eigenvalue weighted by Gasteiger charge is -2.34. The van der Waals surface area contributed by atoms with Crippen LogP contribution in [-0.2, 0) is 4.79 Å². The summed E-state index contributed by atoms with van der Waals surface area (Å²) >= 11 is 0. The molecular formula is C28H23N7O4. The van der Waals surface area contributed by atoms with E-state index < -0.39 is 4.92 Å². The zero-order chi connectivity index (χ0) is 27.4. The summed E-state index contributed by atoms with van der Waals surface area (Å²) in [4.78, 5) is 31.4. The molecule has 1 fully saturated rings. The molecule has 0 saturated carbocycles. The van der Waals surface area contributed by atoms with Crippen molar-refractivity contribution in [3.05, 3.63) is 82.3 Å². The number of fused-ring (bicyclic) bond motifs is 1. The number of aromatic nitrogens is 3. The number of hydrogen-bond acceptors (Lipinski definition) is 8. The second kappa shape index (κ2) is 10.9. The molecule has 0 aliphatic carbocycles. The molecule has 1 saturated heterocycles. The van der Waals surface area contributed by atoms with Gasteiger partial charge >= 0.3 is 0 Å². The molecule has 3 aromatic heterocycles. The first-order valence-electron chi connectivity index (χ1n) is 12.3. The number of ether oxygens (including phenoxy) is 1.